The van der Waals surface area contributed by atoms with E-state index in [1.807, 2.05) is 0 Å². The standard InChI is InChI=1S/C26H28F2N8O5S/c1-26(2,23(37)38)41-18-13-16(14(27)12-15(18)28)34-8-5-33(6-9-34)7-10-35-21-19(42-25(35)39)22-30-20(17-4-3-11-40-17)32-36(22)24(29)31-21/h3-4,11-13,23,37-38H,5-10H2,1-2H3,(H2,29,31). The monoisotopic (exact) mass is 602 g/mol. The van der Waals surface area contributed by atoms with Gasteiger partial charge >= 0.3 is 4.87 Å². The molecule has 1 aliphatic rings. The maximum Gasteiger partial charge on any atom is 0.309 e. The van der Waals surface area contributed by atoms with Crippen LogP contribution in [0.4, 0.5) is 20.4 Å². The van der Waals surface area contributed by atoms with E-state index in [4.69, 9.17) is 14.9 Å². The number of furan rings is 1. The highest BCUT2D eigenvalue weighted by atomic mass is 32.1. The van der Waals surface area contributed by atoms with Crippen LogP contribution in [0.15, 0.2) is 39.7 Å². The van der Waals surface area contributed by atoms with Gasteiger partial charge in [-0.3, -0.25) is 14.3 Å². The summed E-state index contributed by atoms with van der Waals surface area (Å²) in [5.41, 5.74) is 5.65. The highest BCUT2D eigenvalue weighted by Crippen LogP contribution is 2.32. The molecular weight excluding hydrogens is 574 g/mol. The third-order valence-corrected chi connectivity index (χ3v) is 8.17. The molecule has 1 aromatic carbocycles. The zero-order chi connectivity index (χ0) is 29.8. The number of nitrogens with two attached hydrogens (primary N) is 1. The molecule has 5 aromatic rings. The summed E-state index contributed by atoms with van der Waals surface area (Å²) in [6.07, 6.45) is -0.351. The maximum absolute atomic E-state index is 14.7. The highest BCUT2D eigenvalue weighted by Gasteiger charge is 2.31. The minimum atomic E-state index is -1.87. The molecule has 0 bridgehead atoms. The largest absolute Gasteiger partial charge is 0.479 e. The van der Waals surface area contributed by atoms with E-state index in [0.29, 0.717) is 66.8 Å². The van der Waals surface area contributed by atoms with Crippen molar-refractivity contribution < 1.29 is 28.1 Å². The molecule has 1 saturated heterocycles. The minimum absolute atomic E-state index is 0.0875. The topological polar surface area (TPSA) is 160 Å². The van der Waals surface area contributed by atoms with Crippen molar-refractivity contribution >= 4 is 39.0 Å². The summed E-state index contributed by atoms with van der Waals surface area (Å²) >= 11 is 1.01. The molecule has 0 unspecified atom stereocenters. The molecule has 4 aromatic heterocycles. The van der Waals surface area contributed by atoms with E-state index in [0.717, 1.165) is 17.4 Å². The van der Waals surface area contributed by atoms with Gasteiger partial charge in [0.15, 0.2) is 40.5 Å². The third kappa shape index (κ3) is 5.06. The van der Waals surface area contributed by atoms with Crippen LogP contribution in [0.3, 0.4) is 0 Å². The van der Waals surface area contributed by atoms with Crippen LogP contribution in [-0.2, 0) is 6.54 Å². The summed E-state index contributed by atoms with van der Waals surface area (Å²) in [5, 5.41) is 23.4. The predicted octanol–water partition coefficient (Wildman–Crippen LogP) is 1.91. The van der Waals surface area contributed by atoms with Crippen LogP contribution in [0.25, 0.3) is 27.6 Å². The summed E-state index contributed by atoms with van der Waals surface area (Å²) in [4.78, 5) is 25.6. The first-order chi connectivity index (χ1) is 20.0. The molecule has 0 spiro atoms. The summed E-state index contributed by atoms with van der Waals surface area (Å²) in [7, 11) is 0. The summed E-state index contributed by atoms with van der Waals surface area (Å²) < 4.78 is 43.5. The molecule has 1 aliphatic heterocycles. The van der Waals surface area contributed by atoms with Crippen molar-refractivity contribution in [3.8, 4) is 17.3 Å². The zero-order valence-electron chi connectivity index (χ0n) is 22.7. The number of benzene rings is 1. The average molecular weight is 603 g/mol. The van der Waals surface area contributed by atoms with Crippen LogP contribution in [0, 0.1) is 11.6 Å². The number of piperazine rings is 1. The second kappa shape index (κ2) is 10.6. The number of rotatable bonds is 8. The fraction of sp³-hybridized carbons (Fsp3) is 0.385. The lowest BCUT2D eigenvalue weighted by molar-refractivity contribution is -0.154. The molecule has 5 heterocycles. The molecule has 4 N–H and O–H groups in total. The third-order valence-electron chi connectivity index (χ3n) is 7.21. The van der Waals surface area contributed by atoms with E-state index >= 15 is 0 Å². The van der Waals surface area contributed by atoms with E-state index in [1.54, 1.807) is 21.6 Å². The first-order valence-electron chi connectivity index (χ1n) is 13.1. The van der Waals surface area contributed by atoms with Crippen molar-refractivity contribution in [3.05, 3.63) is 51.8 Å². The molecule has 0 amide bonds. The number of hydrogen-bond donors (Lipinski definition) is 3. The highest BCUT2D eigenvalue weighted by molar-refractivity contribution is 7.17. The molecule has 0 atom stereocenters. The molecule has 0 radical (unpaired) electrons. The number of thiazole rings is 1. The molecule has 42 heavy (non-hydrogen) atoms. The molecule has 0 aliphatic carbocycles. The number of aliphatic hydroxyl groups excluding tert-OH is 1. The normalized spacial score (nSPS) is 15.0. The number of hydrogen-bond acceptors (Lipinski definition) is 12. The van der Waals surface area contributed by atoms with Crippen LogP contribution in [0.5, 0.6) is 5.75 Å². The number of halogens is 2. The quantitative estimate of drug-likeness (QED) is 0.223. The summed E-state index contributed by atoms with van der Waals surface area (Å²) in [6.45, 7) is 5.64. The Hall–Kier alpha value is -4.12. The van der Waals surface area contributed by atoms with Gasteiger partial charge in [-0.05, 0) is 26.0 Å². The molecule has 222 valence electrons. The van der Waals surface area contributed by atoms with E-state index in [1.165, 1.54) is 30.7 Å². The minimum Gasteiger partial charge on any atom is -0.479 e. The van der Waals surface area contributed by atoms with Gasteiger partial charge in [-0.15, -0.1) is 5.10 Å². The Morgan fingerprint density at radius 3 is 2.57 bits per heavy atom. The Labute approximate surface area is 241 Å². The van der Waals surface area contributed by atoms with Crippen molar-refractivity contribution in [1.29, 1.82) is 0 Å². The van der Waals surface area contributed by atoms with Crippen LogP contribution in [0.2, 0.25) is 0 Å². The van der Waals surface area contributed by atoms with Gasteiger partial charge in [0.1, 0.15) is 10.5 Å². The second-order valence-electron chi connectivity index (χ2n) is 10.4. The number of ether oxygens (including phenoxy) is 1. The van der Waals surface area contributed by atoms with E-state index < -0.39 is 23.5 Å². The van der Waals surface area contributed by atoms with Gasteiger partial charge < -0.3 is 30.0 Å². The fourth-order valence-electron chi connectivity index (χ4n) is 4.76. The van der Waals surface area contributed by atoms with E-state index in [9.17, 15) is 23.8 Å². The zero-order valence-corrected chi connectivity index (χ0v) is 23.5. The first-order valence-corrected chi connectivity index (χ1v) is 13.9. The number of fused-ring (bicyclic) bond motifs is 3. The Bertz CT molecular complexity index is 1810. The van der Waals surface area contributed by atoms with Crippen molar-refractivity contribution in [2.24, 2.45) is 0 Å². The maximum atomic E-state index is 14.7. The first kappa shape index (κ1) is 28.0. The van der Waals surface area contributed by atoms with E-state index in [-0.39, 0.29) is 22.3 Å². The van der Waals surface area contributed by atoms with Crippen molar-refractivity contribution in [2.75, 3.05) is 43.4 Å². The number of nitrogens with zero attached hydrogens (tertiary/aromatic N) is 7. The summed E-state index contributed by atoms with van der Waals surface area (Å²) in [5.74, 6) is -1.08. The second-order valence-corrected chi connectivity index (χ2v) is 11.4. The van der Waals surface area contributed by atoms with Crippen molar-refractivity contribution in [3.63, 3.8) is 0 Å². The lowest BCUT2D eigenvalue weighted by atomic mass is 10.1. The lowest BCUT2D eigenvalue weighted by Gasteiger charge is -2.36. The van der Waals surface area contributed by atoms with Crippen LogP contribution in [0.1, 0.15) is 13.8 Å². The lowest BCUT2D eigenvalue weighted by Crippen LogP contribution is -2.47. The Morgan fingerprint density at radius 2 is 1.88 bits per heavy atom. The Kier molecular flexibility index (Phi) is 7.08. The molecule has 0 saturated carbocycles. The van der Waals surface area contributed by atoms with Crippen LogP contribution in [-0.4, -0.2) is 83.9 Å². The van der Waals surface area contributed by atoms with Gasteiger partial charge in [-0.25, -0.2) is 13.8 Å². The fourth-order valence-corrected chi connectivity index (χ4v) is 5.70. The number of anilines is 2. The number of aliphatic hydroxyl groups is 2. The van der Waals surface area contributed by atoms with Crippen LogP contribution >= 0.6 is 11.3 Å². The Morgan fingerprint density at radius 1 is 1.12 bits per heavy atom. The Balaban J connectivity index is 1.16. The van der Waals surface area contributed by atoms with Crippen LogP contribution < -0.4 is 20.2 Å². The van der Waals surface area contributed by atoms with Gasteiger partial charge in [0.25, 0.3) is 0 Å². The number of aromatic nitrogens is 5. The average Bonchev–Trinajstić information content (AvgIpc) is 3.69. The molecular formula is C26H28F2N8O5S. The van der Waals surface area contributed by atoms with Gasteiger partial charge in [0.2, 0.25) is 11.8 Å². The molecule has 1 fully saturated rings. The smallest absolute Gasteiger partial charge is 0.309 e. The van der Waals surface area contributed by atoms with Crippen molar-refractivity contribution in [2.45, 2.75) is 32.3 Å². The predicted molar refractivity (Wildman–Crippen MR) is 150 cm³/mol. The SMILES string of the molecule is CC(C)(Oc1cc(N2CCN(CCn3c(=O)sc4c3nc(N)n3nc(-c5ccco5)nc43)CC2)c(F)cc1F)C(O)O. The molecule has 16 heteroatoms. The molecule has 6 rings (SSSR count). The van der Waals surface area contributed by atoms with Gasteiger partial charge in [0, 0.05) is 51.4 Å². The van der Waals surface area contributed by atoms with Gasteiger partial charge in [0.05, 0.1) is 12.0 Å². The van der Waals surface area contributed by atoms with Gasteiger partial charge in [-0.2, -0.15) is 9.50 Å². The number of nitrogen functional groups attached to an aromatic ring is 1. The summed E-state index contributed by atoms with van der Waals surface area (Å²) in [6, 6.07) is 5.41. The van der Waals surface area contributed by atoms with E-state index in [2.05, 4.69) is 20.0 Å². The molecule has 13 nitrogen and oxygen atoms in total. The van der Waals surface area contributed by atoms with Gasteiger partial charge in [-0.1, -0.05) is 11.3 Å². The van der Waals surface area contributed by atoms with Crippen molar-refractivity contribution in [1.82, 2.24) is 29.0 Å².